The lowest BCUT2D eigenvalue weighted by atomic mass is 9.93. The van der Waals surface area contributed by atoms with E-state index in [0.29, 0.717) is 0 Å². The second kappa shape index (κ2) is 4.89. The molecule has 0 aromatic rings. The van der Waals surface area contributed by atoms with Gasteiger partial charge in [-0.15, -0.1) is 0 Å². The summed E-state index contributed by atoms with van der Waals surface area (Å²) in [7, 11) is 0. The molecule has 0 saturated heterocycles. The van der Waals surface area contributed by atoms with Crippen LogP contribution in [0.5, 0.6) is 0 Å². The molecule has 0 heterocycles. The van der Waals surface area contributed by atoms with E-state index in [9.17, 15) is 5.11 Å². The van der Waals surface area contributed by atoms with Gasteiger partial charge in [0.15, 0.2) is 0 Å². The summed E-state index contributed by atoms with van der Waals surface area (Å²) in [4.78, 5) is 0. The average Bonchev–Trinajstić information content (AvgIpc) is 3.17. The summed E-state index contributed by atoms with van der Waals surface area (Å²) in [6.45, 7) is 0.852. The molecule has 2 N–H and O–H groups in total. The zero-order chi connectivity index (χ0) is 11.7. The Morgan fingerprint density at radius 2 is 1.47 bits per heavy atom. The van der Waals surface area contributed by atoms with Crippen molar-refractivity contribution < 1.29 is 5.11 Å². The maximum absolute atomic E-state index is 10.6. The normalized spacial score (nSPS) is 29.3. The van der Waals surface area contributed by atoms with Crippen LogP contribution in [0.15, 0.2) is 0 Å². The monoisotopic (exact) mass is 237 g/mol. The SMILES string of the molecule is OC1(CNC(C2CC2)C2CC2)CCCCCC1. The molecule has 98 valence electrons. The van der Waals surface area contributed by atoms with Gasteiger partial charge in [-0.2, -0.15) is 0 Å². The number of aliphatic hydroxyl groups is 1. The van der Waals surface area contributed by atoms with E-state index in [2.05, 4.69) is 5.32 Å². The third kappa shape index (κ3) is 3.23. The lowest BCUT2D eigenvalue weighted by Crippen LogP contribution is -2.45. The fraction of sp³-hybridized carbons (Fsp3) is 1.00. The Morgan fingerprint density at radius 3 is 1.94 bits per heavy atom. The predicted octanol–water partition coefficient (Wildman–Crippen LogP) is 2.85. The van der Waals surface area contributed by atoms with Crippen LogP contribution in [0, 0.1) is 11.8 Å². The minimum Gasteiger partial charge on any atom is -0.389 e. The van der Waals surface area contributed by atoms with Gasteiger partial charge in [0.1, 0.15) is 0 Å². The van der Waals surface area contributed by atoms with Gasteiger partial charge in [-0.05, 0) is 50.4 Å². The molecule has 3 rings (SSSR count). The van der Waals surface area contributed by atoms with Crippen LogP contribution < -0.4 is 5.32 Å². The number of hydrogen-bond donors (Lipinski definition) is 2. The van der Waals surface area contributed by atoms with Crippen molar-refractivity contribution in [2.24, 2.45) is 11.8 Å². The summed E-state index contributed by atoms with van der Waals surface area (Å²) in [6, 6.07) is 0.738. The molecule has 0 unspecified atom stereocenters. The summed E-state index contributed by atoms with van der Waals surface area (Å²) in [6.07, 6.45) is 12.8. The Morgan fingerprint density at radius 1 is 0.941 bits per heavy atom. The second-order valence-corrected chi connectivity index (χ2v) is 6.72. The van der Waals surface area contributed by atoms with Crippen LogP contribution in [0.1, 0.15) is 64.2 Å². The predicted molar refractivity (Wildman–Crippen MR) is 69.9 cm³/mol. The van der Waals surface area contributed by atoms with Crippen LogP contribution in [0.25, 0.3) is 0 Å². The van der Waals surface area contributed by atoms with Gasteiger partial charge in [0.2, 0.25) is 0 Å². The first-order chi connectivity index (χ1) is 8.27. The van der Waals surface area contributed by atoms with Crippen molar-refractivity contribution in [2.75, 3.05) is 6.54 Å². The van der Waals surface area contributed by atoms with E-state index in [1.807, 2.05) is 0 Å². The first-order valence-electron chi connectivity index (χ1n) is 7.73. The number of rotatable bonds is 5. The van der Waals surface area contributed by atoms with Crippen LogP contribution in [0.3, 0.4) is 0 Å². The van der Waals surface area contributed by atoms with Crippen molar-refractivity contribution in [1.82, 2.24) is 5.32 Å². The average molecular weight is 237 g/mol. The van der Waals surface area contributed by atoms with E-state index in [1.54, 1.807) is 0 Å². The molecule has 0 amide bonds. The molecule has 2 nitrogen and oxygen atoms in total. The largest absolute Gasteiger partial charge is 0.389 e. The molecule has 0 spiro atoms. The molecule has 0 aliphatic heterocycles. The van der Waals surface area contributed by atoms with Crippen molar-refractivity contribution in [2.45, 2.75) is 75.9 Å². The van der Waals surface area contributed by atoms with E-state index < -0.39 is 5.60 Å². The van der Waals surface area contributed by atoms with Crippen LogP contribution in [-0.2, 0) is 0 Å². The van der Waals surface area contributed by atoms with Gasteiger partial charge in [-0.3, -0.25) is 0 Å². The summed E-state index contributed by atoms with van der Waals surface area (Å²) in [5.41, 5.74) is -0.390. The quantitative estimate of drug-likeness (QED) is 0.721. The minimum atomic E-state index is -0.390. The standard InChI is InChI=1S/C15H27NO/c17-15(9-3-1-2-4-10-15)11-16-14(12-5-6-12)13-7-8-13/h12-14,16-17H,1-11H2. The highest BCUT2D eigenvalue weighted by atomic mass is 16.3. The van der Waals surface area contributed by atoms with Gasteiger partial charge in [-0.1, -0.05) is 25.7 Å². The highest BCUT2D eigenvalue weighted by Crippen LogP contribution is 2.44. The van der Waals surface area contributed by atoms with Crippen LogP contribution in [-0.4, -0.2) is 23.3 Å². The van der Waals surface area contributed by atoms with E-state index in [4.69, 9.17) is 0 Å². The van der Waals surface area contributed by atoms with E-state index >= 15 is 0 Å². The number of hydrogen-bond acceptors (Lipinski definition) is 2. The highest BCUT2D eigenvalue weighted by Gasteiger charge is 2.42. The smallest absolute Gasteiger partial charge is 0.0771 e. The zero-order valence-corrected chi connectivity index (χ0v) is 11.0. The van der Waals surface area contributed by atoms with Gasteiger partial charge in [0.25, 0.3) is 0 Å². The number of nitrogens with one attached hydrogen (secondary N) is 1. The fourth-order valence-electron chi connectivity index (χ4n) is 3.50. The molecule has 0 bridgehead atoms. The molecule has 0 atom stereocenters. The lowest BCUT2D eigenvalue weighted by Gasteiger charge is -2.30. The summed E-state index contributed by atoms with van der Waals surface area (Å²) < 4.78 is 0. The van der Waals surface area contributed by atoms with E-state index in [1.165, 1.54) is 51.4 Å². The third-order valence-electron chi connectivity index (χ3n) is 4.96. The zero-order valence-electron chi connectivity index (χ0n) is 11.0. The summed E-state index contributed by atoms with van der Waals surface area (Å²) in [5, 5.41) is 14.4. The Balaban J connectivity index is 1.50. The van der Waals surface area contributed by atoms with Crippen molar-refractivity contribution >= 4 is 0 Å². The molecule has 3 saturated carbocycles. The van der Waals surface area contributed by atoms with E-state index in [-0.39, 0.29) is 0 Å². The molecule has 3 aliphatic rings. The molecular formula is C15H27NO. The van der Waals surface area contributed by atoms with Gasteiger partial charge in [0, 0.05) is 12.6 Å². The Kier molecular flexibility index (Phi) is 3.45. The van der Waals surface area contributed by atoms with Gasteiger partial charge in [-0.25, -0.2) is 0 Å². The lowest BCUT2D eigenvalue weighted by molar-refractivity contribution is 0.0213. The molecule has 3 aliphatic carbocycles. The molecule has 3 fully saturated rings. The minimum absolute atomic E-state index is 0.390. The molecule has 0 radical (unpaired) electrons. The van der Waals surface area contributed by atoms with E-state index in [0.717, 1.165) is 37.3 Å². The second-order valence-electron chi connectivity index (χ2n) is 6.72. The van der Waals surface area contributed by atoms with Crippen molar-refractivity contribution in [1.29, 1.82) is 0 Å². The van der Waals surface area contributed by atoms with Gasteiger partial charge >= 0.3 is 0 Å². The van der Waals surface area contributed by atoms with Crippen LogP contribution in [0.2, 0.25) is 0 Å². The summed E-state index contributed by atoms with van der Waals surface area (Å²) in [5.74, 6) is 1.88. The molecule has 17 heavy (non-hydrogen) atoms. The Bertz CT molecular complexity index is 238. The Labute approximate surface area is 105 Å². The van der Waals surface area contributed by atoms with Crippen LogP contribution >= 0.6 is 0 Å². The molecule has 2 heteroatoms. The topological polar surface area (TPSA) is 32.3 Å². The maximum atomic E-state index is 10.6. The van der Waals surface area contributed by atoms with Gasteiger partial charge in [0.05, 0.1) is 5.60 Å². The third-order valence-corrected chi connectivity index (χ3v) is 4.96. The highest BCUT2D eigenvalue weighted by molar-refractivity contribution is 4.97. The maximum Gasteiger partial charge on any atom is 0.0771 e. The first-order valence-corrected chi connectivity index (χ1v) is 7.73. The van der Waals surface area contributed by atoms with Crippen molar-refractivity contribution in [3.63, 3.8) is 0 Å². The Hall–Kier alpha value is -0.0800. The first kappa shape index (κ1) is 12.0. The van der Waals surface area contributed by atoms with Crippen molar-refractivity contribution in [3.8, 4) is 0 Å². The molecule has 0 aromatic carbocycles. The van der Waals surface area contributed by atoms with Crippen LogP contribution in [0.4, 0.5) is 0 Å². The molecule has 0 aromatic heterocycles. The van der Waals surface area contributed by atoms with Crippen molar-refractivity contribution in [3.05, 3.63) is 0 Å². The van der Waals surface area contributed by atoms with Gasteiger partial charge < -0.3 is 10.4 Å². The molecular weight excluding hydrogens is 210 g/mol. The summed E-state index contributed by atoms with van der Waals surface area (Å²) >= 11 is 0. The fourth-order valence-corrected chi connectivity index (χ4v) is 3.50.